The van der Waals surface area contributed by atoms with Crippen molar-refractivity contribution in [2.45, 2.75) is 44.6 Å². The summed E-state index contributed by atoms with van der Waals surface area (Å²) in [6.07, 6.45) is 0.571. The molecule has 9 heteroatoms. The quantitative estimate of drug-likeness (QED) is 0.574. The minimum atomic E-state index is -4.09. The Hall–Kier alpha value is -1.12. The number of ether oxygens (including phenoxy) is 2. The Morgan fingerprint density at radius 2 is 2.10 bits per heavy atom. The van der Waals surface area contributed by atoms with Gasteiger partial charge in [-0.2, -0.15) is 5.10 Å². The number of nitrogens with one attached hydrogen (secondary N) is 1. The number of carbonyl (C=O) groups excluding carboxylic acids is 1. The first-order valence-corrected chi connectivity index (χ1v) is 8.92. The third-order valence-corrected chi connectivity index (χ3v) is 3.98. The number of rotatable bonds is 8. The molecule has 1 unspecified atom stereocenters. The SMILES string of the molecule is CCCc1[nH]nc(C(=O)OC(C)COCC)c1S(=O)(=O)Cl. The Balaban J connectivity index is 2.99. The van der Waals surface area contributed by atoms with Gasteiger partial charge in [0.2, 0.25) is 0 Å². The van der Waals surface area contributed by atoms with E-state index in [4.69, 9.17) is 20.2 Å². The largest absolute Gasteiger partial charge is 0.455 e. The van der Waals surface area contributed by atoms with E-state index in [1.165, 1.54) is 0 Å². The Labute approximate surface area is 128 Å². The first kappa shape index (κ1) is 17.9. The molecule has 0 saturated carbocycles. The van der Waals surface area contributed by atoms with Crippen molar-refractivity contribution in [1.82, 2.24) is 10.2 Å². The first-order chi connectivity index (χ1) is 9.81. The summed E-state index contributed by atoms with van der Waals surface area (Å²) in [6.45, 7) is 6.04. The summed E-state index contributed by atoms with van der Waals surface area (Å²) in [5.74, 6) is -0.847. The second-order valence-electron chi connectivity index (χ2n) is 4.44. The molecule has 0 bridgehead atoms. The zero-order valence-electron chi connectivity index (χ0n) is 12.2. The van der Waals surface area contributed by atoms with Crippen LogP contribution in [0.4, 0.5) is 0 Å². The van der Waals surface area contributed by atoms with Crippen molar-refractivity contribution >= 4 is 25.7 Å². The molecule has 1 aromatic heterocycles. The van der Waals surface area contributed by atoms with Crippen LogP contribution in [0.25, 0.3) is 0 Å². The van der Waals surface area contributed by atoms with Crippen molar-refractivity contribution in [2.24, 2.45) is 0 Å². The van der Waals surface area contributed by atoms with E-state index >= 15 is 0 Å². The number of aryl methyl sites for hydroxylation is 1. The highest BCUT2D eigenvalue weighted by Gasteiger charge is 2.29. The van der Waals surface area contributed by atoms with Gasteiger partial charge in [0.25, 0.3) is 9.05 Å². The van der Waals surface area contributed by atoms with Crippen molar-refractivity contribution in [1.29, 1.82) is 0 Å². The van der Waals surface area contributed by atoms with Gasteiger partial charge in [-0.05, 0) is 20.3 Å². The molecule has 0 aromatic carbocycles. The molecule has 0 amide bonds. The number of aromatic amines is 1. The van der Waals surface area contributed by atoms with E-state index in [0.717, 1.165) is 0 Å². The molecular weight excluding hydrogens is 320 g/mol. The molecule has 1 heterocycles. The van der Waals surface area contributed by atoms with E-state index in [2.05, 4.69) is 10.2 Å². The van der Waals surface area contributed by atoms with Gasteiger partial charge in [-0.3, -0.25) is 5.10 Å². The number of carbonyl (C=O) groups is 1. The van der Waals surface area contributed by atoms with Crippen molar-refractivity contribution in [3.63, 3.8) is 0 Å². The van der Waals surface area contributed by atoms with Gasteiger partial charge < -0.3 is 9.47 Å². The van der Waals surface area contributed by atoms with Crippen LogP contribution in [0.2, 0.25) is 0 Å². The summed E-state index contributed by atoms with van der Waals surface area (Å²) in [5, 5.41) is 6.26. The molecule has 120 valence electrons. The van der Waals surface area contributed by atoms with Crippen molar-refractivity contribution in [3.8, 4) is 0 Å². The Morgan fingerprint density at radius 1 is 1.43 bits per heavy atom. The second-order valence-corrected chi connectivity index (χ2v) is 6.95. The van der Waals surface area contributed by atoms with Crippen molar-refractivity contribution in [3.05, 3.63) is 11.4 Å². The van der Waals surface area contributed by atoms with E-state index in [1.54, 1.807) is 6.92 Å². The van der Waals surface area contributed by atoms with Gasteiger partial charge in [-0.1, -0.05) is 13.3 Å². The number of aromatic nitrogens is 2. The van der Waals surface area contributed by atoms with E-state index in [9.17, 15) is 13.2 Å². The van der Waals surface area contributed by atoms with Crippen LogP contribution in [0.1, 0.15) is 43.4 Å². The molecule has 0 aliphatic rings. The van der Waals surface area contributed by atoms with Crippen LogP contribution in [0.15, 0.2) is 4.90 Å². The van der Waals surface area contributed by atoms with Crippen LogP contribution < -0.4 is 0 Å². The van der Waals surface area contributed by atoms with E-state index in [0.29, 0.717) is 25.1 Å². The summed E-state index contributed by atoms with van der Waals surface area (Å²) in [4.78, 5) is 11.7. The summed E-state index contributed by atoms with van der Waals surface area (Å²) >= 11 is 0. The molecule has 1 N–H and O–H groups in total. The molecule has 1 rings (SSSR count). The Morgan fingerprint density at radius 3 is 2.62 bits per heavy atom. The van der Waals surface area contributed by atoms with Gasteiger partial charge in [0.05, 0.1) is 12.3 Å². The zero-order valence-corrected chi connectivity index (χ0v) is 13.8. The standard InChI is InChI=1S/C12H19ClN2O5S/c1-4-6-9-11(21(13,17)18)10(15-14-9)12(16)20-8(3)7-19-5-2/h8H,4-7H2,1-3H3,(H,14,15). The second kappa shape index (κ2) is 7.77. The van der Waals surface area contributed by atoms with Crippen LogP contribution >= 0.6 is 10.7 Å². The van der Waals surface area contributed by atoms with Gasteiger partial charge in [-0.15, -0.1) is 0 Å². The highest BCUT2D eigenvalue weighted by molar-refractivity contribution is 8.13. The van der Waals surface area contributed by atoms with Gasteiger partial charge in [-0.25, -0.2) is 13.2 Å². The molecular formula is C12H19ClN2O5S. The van der Waals surface area contributed by atoms with Crippen LogP contribution in [0.5, 0.6) is 0 Å². The van der Waals surface area contributed by atoms with Gasteiger partial charge in [0, 0.05) is 17.3 Å². The fourth-order valence-electron chi connectivity index (χ4n) is 1.74. The molecule has 0 spiro atoms. The third kappa shape index (κ3) is 4.98. The number of esters is 1. The van der Waals surface area contributed by atoms with E-state index < -0.39 is 21.1 Å². The van der Waals surface area contributed by atoms with Crippen molar-refractivity contribution < 1.29 is 22.7 Å². The fraction of sp³-hybridized carbons (Fsp3) is 0.667. The summed E-state index contributed by atoms with van der Waals surface area (Å²) in [5.41, 5.74) is -0.0197. The lowest BCUT2D eigenvalue weighted by atomic mass is 10.2. The topological polar surface area (TPSA) is 98.3 Å². The summed E-state index contributed by atoms with van der Waals surface area (Å²) < 4.78 is 33.5. The zero-order chi connectivity index (χ0) is 16.0. The molecule has 1 atom stereocenters. The predicted molar refractivity (Wildman–Crippen MR) is 77.0 cm³/mol. The van der Waals surface area contributed by atoms with E-state index in [1.807, 2.05) is 13.8 Å². The number of H-pyrrole nitrogens is 1. The lowest BCUT2D eigenvalue weighted by Crippen LogP contribution is -2.21. The highest BCUT2D eigenvalue weighted by atomic mass is 35.7. The van der Waals surface area contributed by atoms with Gasteiger partial charge in [0.15, 0.2) is 5.69 Å². The monoisotopic (exact) mass is 338 g/mol. The molecule has 0 aliphatic heterocycles. The van der Waals surface area contributed by atoms with Crippen molar-refractivity contribution in [2.75, 3.05) is 13.2 Å². The van der Waals surface area contributed by atoms with Crippen LogP contribution in [-0.2, 0) is 24.9 Å². The normalized spacial score (nSPS) is 13.1. The molecule has 7 nitrogen and oxygen atoms in total. The maximum atomic E-state index is 12.0. The molecule has 0 aliphatic carbocycles. The molecule has 1 aromatic rings. The molecule has 0 radical (unpaired) electrons. The summed E-state index contributed by atoms with van der Waals surface area (Å²) in [7, 11) is 1.30. The molecule has 21 heavy (non-hydrogen) atoms. The number of halogens is 1. The maximum Gasteiger partial charge on any atom is 0.360 e. The maximum absolute atomic E-state index is 12.0. The predicted octanol–water partition coefficient (Wildman–Crippen LogP) is 1.87. The van der Waals surface area contributed by atoms with Crippen LogP contribution in [0.3, 0.4) is 0 Å². The third-order valence-electron chi connectivity index (χ3n) is 2.59. The highest BCUT2D eigenvalue weighted by Crippen LogP contribution is 2.24. The number of hydrogen-bond donors (Lipinski definition) is 1. The Bertz CT molecular complexity index is 584. The van der Waals surface area contributed by atoms with Crippen LogP contribution in [-0.4, -0.2) is 43.9 Å². The van der Waals surface area contributed by atoms with E-state index in [-0.39, 0.29) is 17.2 Å². The lowest BCUT2D eigenvalue weighted by Gasteiger charge is -2.12. The molecule has 0 fully saturated rings. The average Bonchev–Trinajstić information content (AvgIpc) is 2.80. The van der Waals surface area contributed by atoms with Gasteiger partial charge >= 0.3 is 5.97 Å². The Kier molecular flexibility index (Phi) is 6.63. The number of hydrogen-bond acceptors (Lipinski definition) is 6. The molecule has 0 saturated heterocycles. The smallest absolute Gasteiger partial charge is 0.360 e. The summed E-state index contributed by atoms with van der Waals surface area (Å²) in [6, 6.07) is 0. The van der Waals surface area contributed by atoms with Gasteiger partial charge in [0.1, 0.15) is 11.0 Å². The first-order valence-electron chi connectivity index (χ1n) is 6.61. The number of nitrogens with zero attached hydrogens (tertiary/aromatic N) is 1. The van der Waals surface area contributed by atoms with Crippen LogP contribution in [0, 0.1) is 0 Å². The lowest BCUT2D eigenvalue weighted by molar-refractivity contribution is 0.00353. The average molecular weight is 339 g/mol. The fourth-order valence-corrected chi connectivity index (χ4v) is 3.05. The minimum absolute atomic E-state index is 0.220. The minimum Gasteiger partial charge on any atom is -0.455 e.